The van der Waals surface area contributed by atoms with Crippen molar-refractivity contribution in [2.45, 2.75) is 45.0 Å². The number of hydrogen-bond donors (Lipinski definition) is 0. The van der Waals surface area contributed by atoms with Gasteiger partial charge in [0.1, 0.15) is 11.9 Å². The van der Waals surface area contributed by atoms with Gasteiger partial charge in [0.25, 0.3) is 5.91 Å². The van der Waals surface area contributed by atoms with Crippen molar-refractivity contribution in [2.75, 3.05) is 6.54 Å². The fourth-order valence-electron chi connectivity index (χ4n) is 5.01. The summed E-state index contributed by atoms with van der Waals surface area (Å²) in [6.45, 7) is 4.28. The van der Waals surface area contributed by atoms with Crippen LogP contribution in [0.25, 0.3) is 11.1 Å². The van der Waals surface area contributed by atoms with Gasteiger partial charge in [-0.15, -0.1) is 0 Å². The van der Waals surface area contributed by atoms with Gasteiger partial charge in [-0.2, -0.15) is 13.2 Å². The van der Waals surface area contributed by atoms with E-state index >= 15 is 0 Å². The first kappa shape index (κ1) is 21.5. The third-order valence-electron chi connectivity index (χ3n) is 6.48. The van der Waals surface area contributed by atoms with Crippen LogP contribution < -0.4 is 4.74 Å². The van der Waals surface area contributed by atoms with Crippen LogP contribution in [0.15, 0.2) is 47.1 Å². The molecular weight excluding hydrogens is 435 g/mol. The second-order valence-electron chi connectivity index (χ2n) is 8.65. The van der Waals surface area contributed by atoms with Gasteiger partial charge in [0.15, 0.2) is 0 Å². The highest BCUT2D eigenvalue weighted by Crippen LogP contribution is 2.41. The van der Waals surface area contributed by atoms with Crippen molar-refractivity contribution < 1.29 is 27.2 Å². The molecule has 1 saturated carbocycles. The Bertz CT molecular complexity index is 1170. The molecule has 3 heterocycles. The third-order valence-corrected chi connectivity index (χ3v) is 6.48. The fraction of sp³-hybridized carbons (Fsp3) is 0.375. The Morgan fingerprint density at radius 3 is 2.58 bits per heavy atom. The summed E-state index contributed by atoms with van der Waals surface area (Å²) in [5, 5.41) is 4.01. The number of carbonyl (C=O) groups excluding carboxylic acids is 1. The fourth-order valence-corrected chi connectivity index (χ4v) is 5.01. The van der Waals surface area contributed by atoms with E-state index in [-0.39, 0.29) is 29.9 Å². The second-order valence-corrected chi connectivity index (χ2v) is 8.65. The average molecular weight is 457 g/mol. The van der Waals surface area contributed by atoms with E-state index in [1.54, 1.807) is 6.07 Å². The number of amides is 1. The minimum Gasteiger partial charge on any atom is -0.472 e. The van der Waals surface area contributed by atoms with Crippen molar-refractivity contribution in [3.05, 3.63) is 65.2 Å². The second kappa shape index (κ2) is 7.90. The molecule has 1 aliphatic carbocycles. The van der Waals surface area contributed by atoms with Gasteiger partial charge < -0.3 is 14.2 Å². The minimum atomic E-state index is -4.45. The molecule has 1 saturated heterocycles. The maximum Gasteiger partial charge on any atom is 0.417 e. The smallest absolute Gasteiger partial charge is 0.417 e. The van der Waals surface area contributed by atoms with E-state index < -0.39 is 11.7 Å². The number of rotatable bonds is 4. The van der Waals surface area contributed by atoms with Crippen molar-refractivity contribution in [3.8, 4) is 17.0 Å². The van der Waals surface area contributed by atoms with E-state index in [4.69, 9.17) is 9.26 Å². The van der Waals surface area contributed by atoms with Crippen LogP contribution in [-0.4, -0.2) is 39.6 Å². The molecule has 0 radical (unpaired) electrons. The quantitative estimate of drug-likeness (QED) is 0.548. The Kier molecular flexibility index (Phi) is 5.14. The molecule has 0 unspecified atom stereocenters. The number of hydrogen-bond acceptors (Lipinski definition) is 5. The molecule has 3 atom stereocenters. The zero-order valence-electron chi connectivity index (χ0n) is 18.1. The van der Waals surface area contributed by atoms with Gasteiger partial charge in [-0.1, -0.05) is 23.4 Å². The molecule has 0 N–H and O–H groups in total. The molecule has 2 aliphatic rings. The first-order valence-corrected chi connectivity index (χ1v) is 10.8. The lowest BCUT2D eigenvalue weighted by atomic mass is 9.96. The number of ether oxygens (including phenoxy) is 1. The van der Waals surface area contributed by atoms with Crippen molar-refractivity contribution in [1.29, 1.82) is 0 Å². The van der Waals surface area contributed by atoms with Gasteiger partial charge in [-0.3, -0.25) is 4.79 Å². The number of likely N-dealkylation sites (tertiary alicyclic amines) is 1. The number of pyridine rings is 1. The number of piperidine rings is 1. The standard InChI is InChI=1S/C24H22F3N3O3/c1-13-22(14(2)33-29-13)17-5-3-4-6-18(17)23(31)30-12-15-9-19(30)20(10-15)32-21-8-7-16(11-28-21)24(25,26)27/h3-8,11,15,19-20H,9-10,12H2,1-2H3/t15-,19+,20-/m1/s1. The molecule has 2 fully saturated rings. The predicted molar refractivity (Wildman–Crippen MR) is 113 cm³/mol. The van der Waals surface area contributed by atoms with Crippen LogP contribution in [0.4, 0.5) is 13.2 Å². The molecule has 33 heavy (non-hydrogen) atoms. The summed E-state index contributed by atoms with van der Waals surface area (Å²) in [6.07, 6.45) is -2.46. The Morgan fingerprint density at radius 2 is 1.94 bits per heavy atom. The van der Waals surface area contributed by atoms with Crippen LogP contribution in [0.3, 0.4) is 0 Å². The Hall–Kier alpha value is -3.36. The van der Waals surface area contributed by atoms with Gasteiger partial charge in [0.05, 0.1) is 17.3 Å². The van der Waals surface area contributed by atoms with E-state index in [2.05, 4.69) is 10.1 Å². The number of aryl methyl sites for hydroxylation is 2. The summed E-state index contributed by atoms with van der Waals surface area (Å²) in [6, 6.07) is 9.40. The van der Waals surface area contributed by atoms with Crippen LogP contribution in [-0.2, 0) is 6.18 Å². The summed E-state index contributed by atoms with van der Waals surface area (Å²) >= 11 is 0. The third kappa shape index (κ3) is 3.85. The summed E-state index contributed by atoms with van der Waals surface area (Å²) < 4.78 is 49.6. The van der Waals surface area contributed by atoms with Crippen molar-refractivity contribution in [1.82, 2.24) is 15.0 Å². The molecule has 0 spiro atoms. The van der Waals surface area contributed by atoms with Crippen molar-refractivity contribution in [2.24, 2.45) is 5.92 Å². The maximum absolute atomic E-state index is 13.6. The van der Waals surface area contributed by atoms with E-state index in [1.807, 2.05) is 36.9 Å². The highest BCUT2D eigenvalue weighted by molar-refractivity contribution is 6.01. The number of fused-ring (bicyclic) bond motifs is 2. The number of aromatic nitrogens is 2. The van der Waals surface area contributed by atoms with Crippen LogP contribution >= 0.6 is 0 Å². The normalized spacial score (nSPS) is 22.1. The maximum atomic E-state index is 13.6. The first-order valence-electron chi connectivity index (χ1n) is 10.8. The predicted octanol–water partition coefficient (Wildman–Crippen LogP) is 5.05. The topological polar surface area (TPSA) is 68.5 Å². The zero-order chi connectivity index (χ0) is 23.3. The lowest BCUT2D eigenvalue weighted by molar-refractivity contribution is -0.137. The lowest BCUT2D eigenvalue weighted by Crippen LogP contribution is -2.47. The zero-order valence-corrected chi connectivity index (χ0v) is 18.1. The van der Waals surface area contributed by atoms with Gasteiger partial charge >= 0.3 is 6.18 Å². The van der Waals surface area contributed by atoms with Gasteiger partial charge in [0, 0.05) is 29.9 Å². The largest absolute Gasteiger partial charge is 0.472 e. The van der Waals surface area contributed by atoms with E-state index in [1.165, 1.54) is 6.07 Å². The van der Waals surface area contributed by atoms with Crippen LogP contribution in [0.1, 0.15) is 40.2 Å². The monoisotopic (exact) mass is 457 g/mol. The summed E-state index contributed by atoms with van der Waals surface area (Å²) in [7, 11) is 0. The molecule has 2 aromatic heterocycles. The average Bonchev–Trinajstić information content (AvgIpc) is 3.47. The SMILES string of the molecule is Cc1noc(C)c1-c1ccccc1C(=O)N1C[C@H]2C[C@@H](Oc3ccc(C(F)(F)F)cn3)[C@@H]1C2. The van der Waals surface area contributed by atoms with Gasteiger partial charge in [0.2, 0.25) is 5.88 Å². The number of alkyl halides is 3. The van der Waals surface area contributed by atoms with Crippen LogP contribution in [0.2, 0.25) is 0 Å². The molecule has 1 aromatic carbocycles. The van der Waals surface area contributed by atoms with Crippen LogP contribution in [0.5, 0.6) is 5.88 Å². The van der Waals surface area contributed by atoms with Crippen LogP contribution in [0, 0.1) is 19.8 Å². The number of nitrogens with zero attached hydrogens (tertiary/aromatic N) is 3. The molecule has 1 amide bonds. The minimum absolute atomic E-state index is 0.105. The summed E-state index contributed by atoms with van der Waals surface area (Å²) in [5.74, 6) is 0.950. The Balaban J connectivity index is 1.37. The lowest BCUT2D eigenvalue weighted by Gasteiger charge is -2.33. The Labute approximate surface area is 188 Å². The van der Waals surface area contributed by atoms with Gasteiger partial charge in [-0.05, 0) is 50.3 Å². The molecule has 2 bridgehead atoms. The molecule has 9 heteroatoms. The molecule has 172 valence electrons. The first-order chi connectivity index (χ1) is 15.7. The number of benzene rings is 1. The summed E-state index contributed by atoms with van der Waals surface area (Å²) in [4.78, 5) is 19.3. The number of carbonyl (C=O) groups is 1. The van der Waals surface area contributed by atoms with E-state index in [9.17, 15) is 18.0 Å². The van der Waals surface area contributed by atoms with E-state index in [0.29, 0.717) is 23.6 Å². The Morgan fingerprint density at radius 1 is 1.15 bits per heavy atom. The van der Waals surface area contributed by atoms with Gasteiger partial charge in [-0.25, -0.2) is 4.98 Å². The number of halogens is 3. The highest BCUT2D eigenvalue weighted by atomic mass is 19.4. The molecule has 5 rings (SSSR count). The van der Waals surface area contributed by atoms with Crippen molar-refractivity contribution >= 4 is 5.91 Å². The molecule has 1 aliphatic heterocycles. The van der Waals surface area contributed by atoms with E-state index in [0.717, 1.165) is 36.2 Å². The van der Waals surface area contributed by atoms with Crippen molar-refractivity contribution in [3.63, 3.8) is 0 Å². The summed E-state index contributed by atoms with van der Waals surface area (Å²) in [5.41, 5.74) is 2.03. The molecule has 6 nitrogen and oxygen atoms in total. The molecule has 3 aromatic rings. The highest BCUT2D eigenvalue weighted by Gasteiger charge is 2.48. The molecular formula is C24H22F3N3O3.